The predicted molar refractivity (Wildman–Crippen MR) is 103 cm³/mol. The number of aromatic nitrogens is 6. The van der Waals surface area contributed by atoms with Gasteiger partial charge in [-0.1, -0.05) is 33.2 Å². The molecule has 3 aromatic heterocycles. The molecule has 0 saturated carbocycles. The van der Waals surface area contributed by atoms with Crippen molar-refractivity contribution in [3.8, 4) is 11.4 Å². The largest absolute Gasteiger partial charge is 0.344 e. The van der Waals surface area contributed by atoms with Crippen molar-refractivity contribution in [2.45, 2.75) is 18.9 Å². The summed E-state index contributed by atoms with van der Waals surface area (Å²) in [7, 11) is 1.88. The summed E-state index contributed by atoms with van der Waals surface area (Å²) in [5.41, 5.74) is 1.72. The lowest BCUT2D eigenvalue weighted by Crippen LogP contribution is -2.24. The summed E-state index contributed by atoms with van der Waals surface area (Å²) in [6, 6.07) is 7.84. The van der Waals surface area contributed by atoms with Crippen LogP contribution >= 0.6 is 15.9 Å². The quantitative estimate of drug-likeness (QED) is 0.496. The van der Waals surface area contributed by atoms with Crippen LogP contribution in [0, 0.1) is 0 Å². The second-order valence-electron chi connectivity index (χ2n) is 6.49. The number of fused-ring (bicyclic) bond motifs is 1. The van der Waals surface area contributed by atoms with Crippen molar-refractivity contribution in [3.63, 3.8) is 0 Å². The fourth-order valence-corrected chi connectivity index (χ4v) is 4.04. The molecule has 1 atom stereocenters. The monoisotopic (exact) mass is 425 g/mol. The van der Waals surface area contributed by atoms with E-state index in [1.165, 1.54) is 0 Å². The lowest BCUT2D eigenvalue weighted by molar-refractivity contribution is 0.355. The van der Waals surface area contributed by atoms with E-state index in [0.717, 1.165) is 46.3 Å². The first-order valence-corrected chi connectivity index (χ1v) is 9.49. The zero-order chi connectivity index (χ0) is 18.4. The highest BCUT2D eigenvalue weighted by Crippen LogP contribution is 2.38. The number of hydrogen-bond acceptors (Lipinski definition) is 7. The summed E-state index contributed by atoms with van der Waals surface area (Å²) in [4.78, 5) is 15.7. The van der Waals surface area contributed by atoms with Crippen molar-refractivity contribution in [2.75, 3.05) is 11.4 Å². The average Bonchev–Trinajstić information content (AvgIpc) is 3.41. The Bertz CT molecular complexity index is 1120. The van der Waals surface area contributed by atoms with Crippen molar-refractivity contribution in [1.29, 1.82) is 0 Å². The van der Waals surface area contributed by atoms with Crippen molar-refractivity contribution in [3.05, 3.63) is 47.2 Å². The van der Waals surface area contributed by atoms with Crippen LogP contribution in [0.2, 0.25) is 0 Å². The van der Waals surface area contributed by atoms with Gasteiger partial charge < -0.3 is 9.42 Å². The first-order valence-electron chi connectivity index (χ1n) is 8.70. The Balaban J connectivity index is 1.53. The molecule has 9 heteroatoms. The molecule has 1 aromatic carbocycles. The topological polar surface area (TPSA) is 85.8 Å². The van der Waals surface area contributed by atoms with Gasteiger partial charge in [-0.25, -0.2) is 9.97 Å². The Morgan fingerprint density at radius 3 is 3.00 bits per heavy atom. The van der Waals surface area contributed by atoms with Crippen LogP contribution in [-0.2, 0) is 7.05 Å². The maximum absolute atomic E-state index is 5.64. The number of rotatable bonds is 3. The zero-order valence-electron chi connectivity index (χ0n) is 14.6. The number of aryl methyl sites for hydroxylation is 1. The fourth-order valence-electron chi connectivity index (χ4n) is 3.58. The lowest BCUT2D eigenvalue weighted by atomic mass is 10.2. The highest BCUT2D eigenvalue weighted by molar-refractivity contribution is 9.10. The van der Waals surface area contributed by atoms with E-state index in [1.54, 1.807) is 17.2 Å². The molecule has 4 heterocycles. The lowest BCUT2D eigenvalue weighted by Gasteiger charge is -2.23. The van der Waals surface area contributed by atoms with E-state index in [2.05, 4.69) is 46.0 Å². The van der Waals surface area contributed by atoms with Crippen molar-refractivity contribution in [2.24, 2.45) is 7.05 Å². The molecule has 5 rings (SSSR count). The third kappa shape index (κ3) is 2.69. The van der Waals surface area contributed by atoms with Gasteiger partial charge in [0.25, 0.3) is 0 Å². The Kier molecular flexibility index (Phi) is 3.89. The van der Waals surface area contributed by atoms with Crippen LogP contribution in [0.25, 0.3) is 22.4 Å². The van der Waals surface area contributed by atoms with Crippen molar-refractivity contribution in [1.82, 2.24) is 29.9 Å². The minimum Gasteiger partial charge on any atom is -0.344 e. The molecule has 1 saturated heterocycles. The van der Waals surface area contributed by atoms with Crippen LogP contribution in [-0.4, -0.2) is 36.4 Å². The molecular formula is C18H16BrN7O. The van der Waals surface area contributed by atoms with E-state index in [9.17, 15) is 0 Å². The molecule has 0 aliphatic carbocycles. The number of anilines is 1. The van der Waals surface area contributed by atoms with Gasteiger partial charge in [0.15, 0.2) is 5.65 Å². The van der Waals surface area contributed by atoms with E-state index in [1.807, 2.05) is 31.3 Å². The molecule has 136 valence electrons. The van der Waals surface area contributed by atoms with Gasteiger partial charge in [0.05, 0.1) is 11.6 Å². The van der Waals surface area contributed by atoms with Crippen LogP contribution in [0.15, 0.2) is 45.8 Å². The van der Waals surface area contributed by atoms with Gasteiger partial charge in [-0.05, 0) is 25.0 Å². The van der Waals surface area contributed by atoms with Crippen LogP contribution < -0.4 is 4.90 Å². The number of nitrogens with zero attached hydrogens (tertiary/aromatic N) is 7. The number of halogens is 1. The van der Waals surface area contributed by atoms with Crippen LogP contribution in [0.4, 0.5) is 5.82 Å². The first kappa shape index (κ1) is 16.4. The molecule has 0 radical (unpaired) electrons. The average molecular weight is 426 g/mol. The van der Waals surface area contributed by atoms with Crippen LogP contribution in [0.5, 0.6) is 0 Å². The summed E-state index contributed by atoms with van der Waals surface area (Å²) < 4.78 is 8.33. The molecule has 4 aromatic rings. The fraction of sp³-hybridized carbons (Fsp3) is 0.278. The Hall–Kier alpha value is -2.81. The first-order chi connectivity index (χ1) is 13.2. The third-order valence-electron chi connectivity index (χ3n) is 4.87. The standard InChI is InChI=1S/C18H16BrN7O/c1-25-16-12(9-22-25)17(21-10-20-16)26-8-4-7-14(26)18-23-15(24-27-18)11-5-2-3-6-13(11)19/h2-3,5-6,9-10,14H,4,7-8H2,1H3. The SMILES string of the molecule is Cn1ncc2c(N3CCCC3c3nc(-c4ccccc4Br)no3)ncnc21. The molecular weight excluding hydrogens is 410 g/mol. The highest BCUT2D eigenvalue weighted by atomic mass is 79.9. The minimum absolute atomic E-state index is 0.00737. The van der Waals surface area contributed by atoms with Gasteiger partial charge >= 0.3 is 0 Å². The Morgan fingerprint density at radius 1 is 1.22 bits per heavy atom. The number of benzene rings is 1. The highest BCUT2D eigenvalue weighted by Gasteiger charge is 2.33. The smallest absolute Gasteiger partial charge is 0.249 e. The second-order valence-corrected chi connectivity index (χ2v) is 7.34. The Morgan fingerprint density at radius 2 is 2.11 bits per heavy atom. The van der Waals surface area contributed by atoms with Gasteiger partial charge in [-0.3, -0.25) is 4.68 Å². The second kappa shape index (κ2) is 6.41. The van der Waals surface area contributed by atoms with Gasteiger partial charge in [-0.2, -0.15) is 10.1 Å². The van der Waals surface area contributed by atoms with E-state index in [-0.39, 0.29) is 6.04 Å². The van der Waals surface area contributed by atoms with Gasteiger partial charge in [0.1, 0.15) is 18.2 Å². The third-order valence-corrected chi connectivity index (χ3v) is 5.57. The Labute approximate surface area is 163 Å². The molecule has 1 aliphatic rings. The molecule has 1 unspecified atom stereocenters. The van der Waals surface area contributed by atoms with Gasteiger partial charge in [0, 0.05) is 23.6 Å². The van der Waals surface area contributed by atoms with Gasteiger partial charge in [0.2, 0.25) is 11.7 Å². The summed E-state index contributed by atoms with van der Waals surface area (Å²) >= 11 is 3.55. The molecule has 1 aliphatic heterocycles. The molecule has 0 bridgehead atoms. The zero-order valence-corrected chi connectivity index (χ0v) is 16.2. The van der Waals surface area contributed by atoms with E-state index in [4.69, 9.17) is 4.52 Å². The van der Waals surface area contributed by atoms with Crippen molar-refractivity contribution < 1.29 is 4.52 Å². The minimum atomic E-state index is -0.00737. The normalized spacial score (nSPS) is 17.1. The summed E-state index contributed by atoms with van der Waals surface area (Å²) in [5.74, 6) is 2.05. The maximum Gasteiger partial charge on any atom is 0.249 e. The maximum atomic E-state index is 5.64. The van der Waals surface area contributed by atoms with Crippen molar-refractivity contribution >= 4 is 32.8 Å². The van der Waals surface area contributed by atoms with E-state index >= 15 is 0 Å². The molecule has 0 spiro atoms. The van der Waals surface area contributed by atoms with E-state index in [0.29, 0.717) is 11.7 Å². The molecule has 1 fully saturated rings. The number of hydrogen-bond donors (Lipinski definition) is 0. The van der Waals surface area contributed by atoms with E-state index < -0.39 is 0 Å². The molecule has 27 heavy (non-hydrogen) atoms. The summed E-state index contributed by atoms with van der Waals surface area (Å²) in [6.45, 7) is 0.873. The predicted octanol–water partition coefficient (Wildman–Crippen LogP) is 3.52. The van der Waals surface area contributed by atoms with Gasteiger partial charge in [-0.15, -0.1) is 0 Å². The summed E-state index contributed by atoms with van der Waals surface area (Å²) in [6.07, 6.45) is 5.35. The van der Waals surface area contributed by atoms with Crippen LogP contribution in [0.1, 0.15) is 24.8 Å². The van der Waals surface area contributed by atoms with Crippen LogP contribution in [0.3, 0.4) is 0 Å². The molecule has 8 nitrogen and oxygen atoms in total. The summed E-state index contributed by atoms with van der Waals surface area (Å²) in [5, 5.41) is 9.43. The molecule has 0 amide bonds. The molecule has 0 N–H and O–H groups in total.